The number of aryl methyl sites for hydroxylation is 1. The van der Waals surface area contributed by atoms with E-state index in [1.165, 1.54) is 11.1 Å². The van der Waals surface area contributed by atoms with E-state index in [-0.39, 0.29) is 18.7 Å². The molecule has 1 aliphatic carbocycles. The van der Waals surface area contributed by atoms with E-state index in [1.807, 2.05) is 19.1 Å². The van der Waals surface area contributed by atoms with Gasteiger partial charge in [-0.3, -0.25) is 0 Å². The van der Waals surface area contributed by atoms with Gasteiger partial charge in [0.1, 0.15) is 0 Å². The summed E-state index contributed by atoms with van der Waals surface area (Å²) in [4.78, 5) is 13.9. The zero-order valence-electron chi connectivity index (χ0n) is 11.4. The molecule has 0 radical (unpaired) electrons. The third-order valence-electron chi connectivity index (χ3n) is 3.58. The number of hydrogen-bond acceptors (Lipinski definition) is 2. The van der Waals surface area contributed by atoms with E-state index in [4.69, 9.17) is 5.11 Å². The summed E-state index contributed by atoms with van der Waals surface area (Å²) in [7, 11) is 0. The number of hydrogen-bond donors (Lipinski definition) is 2. The number of benzene rings is 1. The molecule has 0 bridgehead atoms. The summed E-state index contributed by atoms with van der Waals surface area (Å²) in [5.41, 5.74) is 2.56. The third-order valence-corrected chi connectivity index (χ3v) is 3.58. The Labute approximate surface area is 114 Å². The summed E-state index contributed by atoms with van der Waals surface area (Å²) in [5, 5.41) is 12.1. The predicted octanol–water partition coefficient (Wildman–Crippen LogP) is 2.09. The number of carbonyl (C=O) groups excluding carboxylic acids is 1. The minimum Gasteiger partial charge on any atom is -0.395 e. The molecule has 0 saturated heterocycles. The first-order valence-electron chi connectivity index (χ1n) is 7.00. The first-order chi connectivity index (χ1) is 9.26. The number of nitrogens with one attached hydrogen (secondary N) is 1. The summed E-state index contributed by atoms with van der Waals surface area (Å²) in [6.45, 7) is 3.12. The fourth-order valence-electron chi connectivity index (χ4n) is 2.65. The highest BCUT2D eigenvalue weighted by Gasteiger charge is 2.24. The first kappa shape index (κ1) is 13.9. The van der Waals surface area contributed by atoms with E-state index < -0.39 is 0 Å². The van der Waals surface area contributed by atoms with Crippen LogP contribution in [0.1, 0.15) is 36.9 Å². The van der Waals surface area contributed by atoms with Crippen LogP contribution < -0.4 is 5.32 Å². The quantitative estimate of drug-likeness (QED) is 0.853. The van der Waals surface area contributed by atoms with Crippen molar-refractivity contribution in [3.63, 3.8) is 0 Å². The standard InChI is InChI=1S/C15H22N2O2/c1-2-9-17(10-11-18)15(19)16-14-8-7-12-5-3-4-6-13(12)14/h3-6,14,18H,2,7-11H2,1H3,(H,16,19). The Kier molecular flexibility index (Phi) is 4.80. The molecule has 0 aromatic heterocycles. The zero-order chi connectivity index (χ0) is 13.7. The van der Waals surface area contributed by atoms with Gasteiger partial charge in [-0.15, -0.1) is 0 Å². The molecule has 0 fully saturated rings. The largest absolute Gasteiger partial charge is 0.395 e. The Morgan fingerprint density at radius 3 is 2.95 bits per heavy atom. The molecule has 4 heteroatoms. The van der Waals surface area contributed by atoms with Gasteiger partial charge >= 0.3 is 6.03 Å². The van der Waals surface area contributed by atoms with Gasteiger partial charge in [0.15, 0.2) is 0 Å². The molecular weight excluding hydrogens is 240 g/mol. The van der Waals surface area contributed by atoms with Gasteiger partial charge in [0.25, 0.3) is 0 Å². The lowest BCUT2D eigenvalue weighted by atomic mass is 10.1. The molecule has 104 valence electrons. The van der Waals surface area contributed by atoms with Crippen LogP contribution in [0.5, 0.6) is 0 Å². The van der Waals surface area contributed by atoms with Gasteiger partial charge in [0, 0.05) is 13.1 Å². The van der Waals surface area contributed by atoms with Crippen molar-refractivity contribution < 1.29 is 9.90 Å². The van der Waals surface area contributed by atoms with E-state index in [0.29, 0.717) is 13.1 Å². The lowest BCUT2D eigenvalue weighted by Crippen LogP contribution is -2.43. The molecule has 1 atom stereocenters. The zero-order valence-corrected chi connectivity index (χ0v) is 11.4. The number of aliphatic hydroxyl groups excluding tert-OH is 1. The van der Waals surface area contributed by atoms with Crippen LogP contribution in [-0.4, -0.2) is 35.7 Å². The van der Waals surface area contributed by atoms with Crippen LogP contribution in [0.3, 0.4) is 0 Å². The van der Waals surface area contributed by atoms with E-state index in [0.717, 1.165) is 19.3 Å². The average molecular weight is 262 g/mol. The van der Waals surface area contributed by atoms with Crippen LogP contribution in [0.25, 0.3) is 0 Å². The fraction of sp³-hybridized carbons (Fsp3) is 0.533. The summed E-state index contributed by atoms with van der Waals surface area (Å²) >= 11 is 0. The lowest BCUT2D eigenvalue weighted by Gasteiger charge is -2.24. The Morgan fingerprint density at radius 2 is 2.21 bits per heavy atom. The maximum absolute atomic E-state index is 12.2. The molecule has 0 aliphatic heterocycles. The average Bonchev–Trinajstić information content (AvgIpc) is 2.82. The first-order valence-corrected chi connectivity index (χ1v) is 7.00. The van der Waals surface area contributed by atoms with E-state index in [2.05, 4.69) is 17.4 Å². The van der Waals surface area contributed by atoms with Crippen molar-refractivity contribution in [2.45, 2.75) is 32.2 Å². The molecule has 4 nitrogen and oxygen atoms in total. The van der Waals surface area contributed by atoms with Crippen LogP contribution in [-0.2, 0) is 6.42 Å². The molecule has 2 N–H and O–H groups in total. The highest BCUT2D eigenvalue weighted by atomic mass is 16.3. The van der Waals surface area contributed by atoms with Crippen LogP contribution >= 0.6 is 0 Å². The van der Waals surface area contributed by atoms with E-state index in [1.54, 1.807) is 4.90 Å². The predicted molar refractivity (Wildman–Crippen MR) is 75.0 cm³/mol. The smallest absolute Gasteiger partial charge is 0.317 e. The summed E-state index contributed by atoms with van der Waals surface area (Å²) < 4.78 is 0. The van der Waals surface area contributed by atoms with Crippen molar-refractivity contribution >= 4 is 6.03 Å². The molecule has 2 rings (SSSR count). The Bertz CT molecular complexity index is 428. The number of rotatable bonds is 5. The van der Waals surface area contributed by atoms with E-state index >= 15 is 0 Å². The molecule has 0 saturated carbocycles. The van der Waals surface area contributed by atoms with E-state index in [9.17, 15) is 4.79 Å². The van der Waals surface area contributed by atoms with Gasteiger partial charge in [0.05, 0.1) is 12.6 Å². The highest BCUT2D eigenvalue weighted by Crippen LogP contribution is 2.30. The molecule has 19 heavy (non-hydrogen) atoms. The molecule has 0 heterocycles. The van der Waals surface area contributed by atoms with Gasteiger partial charge in [0.2, 0.25) is 0 Å². The van der Waals surface area contributed by atoms with Gasteiger partial charge in [-0.05, 0) is 30.4 Å². The van der Waals surface area contributed by atoms with Crippen LogP contribution in [0, 0.1) is 0 Å². The highest BCUT2D eigenvalue weighted by molar-refractivity contribution is 5.75. The van der Waals surface area contributed by atoms with Gasteiger partial charge in [-0.25, -0.2) is 4.79 Å². The monoisotopic (exact) mass is 262 g/mol. The second-order valence-electron chi connectivity index (χ2n) is 4.95. The number of amides is 2. The Morgan fingerprint density at radius 1 is 1.42 bits per heavy atom. The number of fused-ring (bicyclic) bond motifs is 1. The van der Waals surface area contributed by atoms with Crippen LogP contribution in [0.2, 0.25) is 0 Å². The van der Waals surface area contributed by atoms with Crippen molar-refractivity contribution in [3.05, 3.63) is 35.4 Å². The van der Waals surface area contributed by atoms with Gasteiger partial charge in [-0.2, -0.15) is 0 Å². The fourth-order valence-corrected chi connectivity index (χ4v) is 2.65. The maximum atomic E-state index is 12.2. The summed E-state index contributed by atoms with van der Waals surface area (Å²) in [6, 6.07) is 8.31. The van der Waals surface area contributed by atoms with Crippen molar-refractivity contribution in [1.82, 2.24) is 10.2 Å². The van der Waals surface area contributed by atoms with Crippen LogP contribution in [0.15, 0.2) is 24.3 Å². The van der Waals surface area contributed by atoms with Crippen molar-refractivity contribution in [3.8, 4) is 0 Å². The number of nitrogens with zero attached hydrogens (tertiary/aromatic N) is 1. The molecule has 1 unspecified atom stereocenters. The molecule has 0 spiro atoms. The SMILES string of the molecule is CCCN(CCO)C(=O)NC1CCc2ccccc21. The second-order valence-corrected chi connectivity index (χ2v) is 4.95. The molecular formula is C15H22N2O2. The number of urea groups is 1. The molecule has 1 aliphatic rings. The number of carbonyl (C=O) groups is 1. The lowest BCUT2D eigenvalue weighted by molar-refractivity contribution is 0.174. The Hall–Kier alpha value is -1.55. The second kappa shape index (κ2) is 6.57. The van der Waals surface area contributed by atoms with Crippen molar-refractivity contribution in [2.75, 3.05) is 19.7 Å². The molecule has 2 amide bonds. The normalized spacial score (nSPS) is 17.1. The topological polar surface area (TPSA) is 52.6 Å². The summed E-state index contributed by atoms with van der Waals surface area (Å²) in [5.74, 6) is 0. The van der Waals surface area contributed by atoms with Gasteiger partial charge < -0.3 is 15.3 Å². The molecule has 1 aromatic rings. The number of aliphatic hydroxyl groups is 1. The van der Waals surface area contributed by atoms with Gasteiger partial charge in [-0.1, -0.05) is 31.2 Å². The van der Waals surface area contributed by atoms with Crippen molar-refractivity contribution in [2.24, 2.45) is 0 Å². The minimum atomic E-state index is -0.0717. The summed E-state index contributed by atoms with van der Waals surface area (Å²) in [6.07, 6.45) is 2.88. The maximum Gasteiger partial charge on any atom is 0.317 e. The van der Waals surface area contributed by atoms with Crippen molar-refractivity contribution in [1.29, 1.82) is 0 Å². The minimum absolute atomic E-state index is 0.00860. The Balaban J connectivity index is 1.99. The third kappa shape index (κ3) is 3.26. The molecule has 1 aromatic carbocycles. The van der Waals surface area contributed by atoms with Crippen LogP contribution in [0.4, 0.5) is 4.79 Å².